The summed E-state index contributed by atoms with van der Waals surface area (Å²) in [6.07, 6.45) is 1.72. The average molecular weight is 279 g/mol. The number of nitrogens with one attached hydrogen (secondary N) is 1. The quantitative estimate of drug-likeness (QED) is 0.388. The lowest BCUT2D eigenvalue weighted by Gasteiger charge is -2.27. The minimum Gasteiger partial charge on any atom is -0.359 e. The summed E-state index contributed by atoms with van der Waals surface area (Å²) in [5, 5.41) is 14.4. The van der Waals surface area contributed by atoms with Gasteiger partial charge in [-0.15, -0.1) is 6.58 Å². The Hall–Kier alpha value is -1.95. The highest BCUT2D eigenvalue weighted by Crippen LogP contribution is 2.22. The summed E-state index contributed by atoms with van der Waals surface area (Å²) in [4.78, 5) is 12.2. The van der Waals surface area contributed by atoms with Crippen LogP contribution in [0, 0.1) is 10.1 Å². The van der Waals surface area contributed by atoms with Crippen LogP contribution >= 0.6 is 12.2 Å². The van der Waals surface area contributed by atoms with E-state index >= 15 is 0 Å². The van der Waals surface area contributed by atoms with Crippen molar-refractivity contribution in [3.8, 4) is 0 Å². The zero-order chi connectivity index (χ0) is 14.4. The maximum atomic E-state index is 10.8. The van der Waals surface area contributed by atoms with E-state index < -0.39 is 4.92 Å². The summed E-state index contributed by atoms with van der Waals surface area (Å²) in [7, 11) is 1.85. The van der Waals surface area contributed by atoms with Gasteiger partial charge in [-0.1, -0.05) is 18.2 Å². The third kappa shape index (κ3) is 4.03. The third-order valence-electron chi connectivity index (χ3n) is 2.86. The standard InChI is InChI=1S/C13H17N3O2S/c1-4-8-14-13(19)15(3)10(2)11-6-5-7-12(9-11)16(17)18/h4-7,9-10H,1,8H2,2-3H3,(H,14,19)/t10-/m0/s1. The second-order valence-corrected chi connectivity index (χ2v) is 4.50. The summed E-state index contributed by atoms with van der Waals surface area (Å²) < 4.78 is 0. The molecule has 1 N–H and O–H groups in total. The molecule has 0 saturated heterocycles. The number of non-ortho nitro benzene ring substituents is 1. The maximum Gasteiger partial charge on any atom is 0.269 e. The van der Waals surface area contributed by atoms with Gasteiger partial charge in [0, 0.05) is 25.7 Å². The molecule has 1 aromatic rings. The van der Waals surface area contributed by atoms with Crippen LogP contribution in [-0.4, -0.2) is 28.5 Å². The van der Waals surface area contributed by atoms with Crippen LogP contribution < -0.4 is 5.32 Å². The lowest BCUT2D eigenvalue weighted by Crippen LogP contribution is -2.38. The van der Waals surface area contributed by atoms with Crippen molar-refractivity contribution in [2.75, 3.05) is 13.6 Å². The van der Waals surface area contributed by atoms with Crippen molar-refractivity contribution < 1.29 is 4.92 Å². The Bertz CT molecular complexity index is 491. The highest BCUT2D eigenvalue weighted by molar-refractivity contribution is 7.80. The van der Waals surface area contributed by atoms with Gasteiger partial charge in [-0.05, 0) is 24.7 Å². The first-order valence-corrected chi connectivity index (χ1v) is 6.24. The van der Waals surface area contributed by atoms with Crippen molar-refractivity contribution >= 4 is 23.0 Å². The molecule has 0 spiro atoms. The molecule has 0 aliphatic carbocycles. The zero-order valence-electron chi connectivity index (χ0n) is 11.0. The summed E-state index contributed by atoms with van der Waals surface area (Å²) >= 11 is 5.24. The van der Waals surface area contributed by atoms with E-state index in [1.165, 1.54) is 6.07 Å². The van der Waals surface area contributed by atoms with Gasteiger partial charge in [0.2, 0.25) is 0 Å². The molecule has 19 heavy (non-hydrogen) atoms. The monoisotopic (exact) mass is 279 g/mol. The Morgan fingerprint density at radius 1 is 1.68 bits per heavy atom. The first kappa shape index (κ1) is 15.1. The van der Waals surface area contributed by atoms with Gasteiger partial charge in [0.1, 0.15) is 0 Å². The van der Waals surface area contributed by atoms with E-state index in [1.54, 1.807) is 18.2 Å². The van der Waals surface area contributed by atoms with E-state index in [4.69, 9.17) is 12.2 Å². The first-order valence-electron chi connectivity index (χ1n) is 5.83. The fourth-order valence-corrected chi connectivity index (χ4v) is 1.82. The topological polar surface area (TPSA) is 58.4 Å². The number of benzene rings is 1. The normalized spacial score (nSPS) is 11.5. The first-order chi connectivity index (χ1) is 8.97. The van der Waals surface area contributed by atoms with Gasteiger partial charge in [-0.25, -0.2) is 0 Å². The predicted octanol–water partition coefficient (Wildman–Crippen LogP) is 2.65. The van der Waals surface area contributed by atoms with Crippen LogP contribution in [0.25, 0.3) is 0 Å². The number of rotatable bonds is 5. The molecule has 5 nitrogen and oxygen atoms in total. The van der Waals surface area contributed by atoms with Crippen LogP contribution in [0.2, 0.25) is 0 Å². The van der Waals surface area contributed by atoms with Crippen LogP contribution in [-0.2, 0) is 0 Å². The van der Waals surface area contributed by atoms with Gasteiger partial charge in [0.15, 0.2) is 5.11 Å². The van der Waals surface area contributed by atoms with Crippen LogP contribution in [0.5, 0.6) is 0 Å². The Kier molecular flexibility index (Phi) is 5.44. The molecule has 0 fully saturated rings. The smallest absolute Gasteiger partial charge is 0.269 e. The molecule has 0 unspecified atom stereocenters. The molecule has 6 heteroatoms. The minimum absolute atomic E-state index is 0.0512. The summed E-state index contributed by atoms with van der Waals surface area (Å²) in [6, 6.07) is 6.52. The largest absolute Gasteiger partial charge is 0.359 e. The third-order valence-corrected chi connectivity index (χ3v) is 3.29. The molecule has 0 aliphatic rings. The van der Waals surface area contributed by atoms with Crippen molar-refractivity contribution in [2.24, 2.45) is 0 Å². The maximum absolute atomic E-state index is 10.8. The Labute approximate surface area is 118 Å². The van der Waals surface area contributed by atoms with Gasteiger partial charge < -0.3 is 10.2 Å². The lowest BCUT2D eigenvalue weighted by atomic mass is 10.1. The van der Waals surface area contributed by atoms with Crippen molar-refractivity contribution in [1.29, 1.82) is 0 Å². The van der Waals surface area contributed by atoms with E-state index in [0.29, 0.717) is 11.7 Å². The van der Waals surface area contributed by atoms with E-state index in [9.17, 15) is 10.1 Å². The average Bonchev–Trinajstić information content (AvgIpc) is 2.43. The number of hydrogen-bond acceptors (Lipinski definition) is 3. The zero-order valence-corrected chi connectivity index (χ0v) is 11.8. The molecule has 0 radical (unpaired) electrons. The molecule has 102 valence electrons. The molecule has 0 aromatic heterocycles. The molecule has 1 aromatic carbocycles. The summed E-state index contributed by atoms with van der Waals surface area (Å²) in [6.45, 7) is 6.14. The van der Waals surface area contributed by atoms with Crippen LogP contribution in [0.3, 0.4) is 0 Å². The van der Waals surface area contributed by atoms with Gasteiger partial charge in [-0.3, -0.25) is 10.1 Å². The Balaban J connectivity index is 2.84. The lowest BCUT2D eigenvalue weighted by molar-refractivity contribution is -0.384. The van der Waals surface area contributed by atoms with Crippen molar-refractivity contribution in [2.45, 2.75) is 13.0 Å². The molecule has 1 rings (SSSR count). The molecule has 1 atom stereocenters. The second kappa shape index (κ2) is 6.84. The Morgan fingerprint density at radius 2 is 2.37 bits per heavy atom. The summed E-state index contributed by atoms with van der Waals surface area (Å²) in [5.74, 6) is 0. The van der Waals surface area contributed by atoms with E-state index in [-0.39, 0.29) is 11.7 Å². The predicted molar refractivity (Wildman–Crippen MR) is 80.1 cm³/mol. The molecule has 0 amide bonds. The minimum atomic E-state index is -0.398. The van der Waals surface area contributed by atoms with Crippen LogP contribution in [0.1, 0.15) is 18.5 Å². The Morgan fingerprint density at radius 3 is 2.95 bits per heavy atom. The molecular weight excluding hydrogens is 262 g/mol. The van der Waals surface area contributed by atoms with Crippen molar-refractivity contribution in [1.82, 2.24) is 10.2 Å². The van der Waals surface area contributed by atoms with E-state index in [2.05, 4.69) is 11.9 Å². The molecular formula is C13H17N3O2S. The van der Waals surface area contributed by atoms with Crippen molar-refractivity contribution in [3.63, 3.8) is 0 Å². The highest BCUT2D eigenvalue weighted by Gasteiger charge is 2.16. The second-order valence-electron chi connectivity index (χ2n) is 4.11. The number of nitro groups is 1. The summed E-state index contributed by atoms with van der Waals surface area (Å²) in [5.41, 5.74) is 0.933. The number of thiocarbonyl (C=S) groups is 1. The number of hydrogen-bond donors (Lipinski definition) is 1. The fourth-order valence-electron chi connectivity index (χ4n) is 1.58. The number of nitrogens with zero attached hydrogens (tertiary/aromatic N) is 2. The SMILES string of the molecule is C=CCNC(=S)N(C)[C@@H](C)c1cccc([N+](=O)[O-])c1. The number of nitro benzene ring substituents is 1. The van der Waals surface area contributed by atoms with E-state index in [0.717, 1.165) is 5.56 Å². The molecule has 0 heterocycles. The van der Waals surface area contributed by atoms with Crippen LogP contribution in [0.15, 0.2) is 36.9 Å². The van der Waals surface area contributed by atoms with Gasteiger partial charge in [0.25, 0.3) is 5.69 Å². The van der Waals surface area contributed by atoms with Gasteiger partial charge in [-0.2, -0.15) is 0 Å². The molecule has 0 aliphatic heterocycles. The van der Waals surface area contributed by atoms with Crippen LogP contribution in [0.4, 0.5) is 5.69 Å². The van der Waals surface area contributed by atoms with Gasteiger partial charge >= 0.3 is 0 Å². The van der Waals surface area contributed by atoms with Gasteiger partial charge in [0.05, 0.1) is 11.0 Å². The fraction of sp³-hybridized carbons (Fsp3) is 0.308. The highest BCUT2D eigenvalue weighted by atomic mass is 32.1. The molecule has 0 bridgehead atoms. The molecule has 0 saturated carbocycles. The van der Waals surface area contributed by atoms with E-state index in [1.807, 2.05) is 24.9 Å². The van der Waals surface area contributed by atoms with Crippen molar-refractivity contribution in [3.05, 3.63) is 52.6 Å².